The van der Waals surface area contributed by atoms with Crippen LogP contribution in [0.5, 0.6) is 11.5 Å². The lowest BCUT2D eigenvalue weighted by Crippen LogP contribution is -2.56. The Labute approximate surface area is 137 Å². The van der Waals surface area contributed by atoms with E-state index in [1.54, 1.807) is 12.1 Å². The third-order valence-electron chi connectivity index (χ3n) is 3.55. The minimum Gasteiger partial charge on any atom is -0.493 e. The smallest absolute Gasteiger partial charge is 0.387 e. The van der Waals surface area contributed by atoms with Gasteiger partial charge in [-0.1, -0.05) is 0 Å². The summed E-state index contributed by atoms with van der Waals surface area (Å²) in [5.74, 6) is 0.334. The van der Waals surface area contributed by atoms with Crippen molar-refractivity contribution in [2.24, 2.45) is 0 Å². The molecule has 1 saturated heterocycles. The van der Waals surface area contributed by atoms with E-state index in [2.05, 4.69) is 44.7 Å². The van der Waals surface area contributed by atoms with Gasteiger partial charge >= 0.3 is 6.61 Å². The standard InChI is InChI=1S/C15H21BrF2N2O2/c1-15(2)9-20(5-4-19-15)8-10-6-11(16)13(22-14(17)18)12(7-10)21-3/h6-7,14,19H,4-5,8-9H2,1-3H3. The zero-order valence-corrected chi connectivity index (χ0v) is 14.5. The van der Waals surface area contributed by atoms with Gasteiger partial charge in [-0.05, 0) is 47.5 Å². The van der Waals surface area contributed by atoms with Gasteiger partial charge in [0.05, 0.1) is 11.6 Å². The molecule has 22 heavy (non-hydrogen) atoms. The average molecular weight is 379 g/mol. The highest BCUT2D eigenvalue weighted by Gasteiger charge is 2.26. The number of hydrogen-bond donors (Lipinski definition) is 1. The average Bonchev–Trinajstić information content (AvgIpc) is 2.40. The SMILES string of the molecule is COc1cc(CN2CCNC(C)(C)C2)cc(Br)c1OC(F)F. The Morgan fingerprint density at radius 2 is 2.14 bits per heavy atom. The molecule has 1 fully saturated rings. The van der Waals surface area contributed by atoms with Gasteiger partial charge in [0.25, 0.3) is 0 Å². The van der Waals surface area contributed by atoms with Crippen LogP contribution in [0.3, 0.4) is 0 Å². The number of methoxy groups -OCH3 is 1. The molecule has 4 nitrogen and oxygen atoms in total. The van der Waals surface area contributed by atoms with E-state index < -0.39 is 6.61 Å². The molecular formula is C15H21BrF2N2O2. The second-order valence-corrected chi connectivity index (χ2v) is 6.86. The van der Waals surface area contributed by atoms with Crippen molar-refractivity contribution in [1.82, 2.24) is 10.2 Å². The Balaban J connectivity index is 2.16. The number of hydrogen-bond acceptors (Lipinski definition) is 4. The summed E-state index contributed by atoms with van der Waals surface area (Å²) < 4.78 is 35.1. The largest absolute Gasteiger partial charge is 0.493 e. The van der Waals surface area contributed by atoms with Crippen molar-refractivity contribution in [2.45, 2.75) is 32.5 Å². The molecule has 0 amide bonds. The fourth-order valence-corrected chi connectivity index (χ4v) is 3.29. The second kappa shape index (κ2) is 7.10. The minimum atomic E-state index is -2.88. The van der Waals surface area contributed by atoms with E-state index in [9.17, 15) is 8.78 Å². The summed E-state index contributed by atoms with van der Waals surface area (Å²) in [7, 11) is 1.44. The van der Waals surface area contributed by atoms with Crippen molar-refractivity contribution in [3.63, 3.8) is 0 Å². The summed E-state index contributed by atoms with van der Waals surface area (Å²) >= 11 is 3.29. The van der Waals surface area contributed by atoms with Gasteiger partial charge in [-0.3, -0.25) is 4.90 Å². The molecule has 0 radical (unpaired) electrons. The van der Waals surface area contributed by atoms with E-state index in [0.29, 0.717) is 10.2 Å². The third-order valence-corrected chi connectivity index (χ3v) is 4.14. The molecule has 124 valence electrons. The maximum Gasteiger partial charge on any atom is 0.387 e. The first kappa shape index (κ1) is 17.4. The van der Waals surface area contributed by atoms with Crippen LogP contribution in [0.2, 0.25) is 0 Å². The molecule has 1 aliphatic heterocycles. The Morgan fingerprint density at radius 1 is 1.41 bits per heavy atom. The van der Waals surface area contributed by atoms with Crippen LogP contribution in [-0.2, 0) is 6.54 Å². The third kappa shape index (κ3) is 4.54. The van der Waals surface area contributed by atoms with Gasteiger partial charge in [-0.2, -0.15) is 8.78 Å². The number of alkyl halides is 2. The number of halogens is 3. The highest BCUT2D eigenvalue weighted by molar-refractivity contribution is 9.10. The lowest BCUT2D eigenvalue weighted by Gasteiger charge is -2.39. The molecule has 0 aliphatic carbocycles. The molecule has 0 aromatic heterocycles. The van der Waals surface area contributed by atoms with Crippen LogP contribution in [0.1, 0.15) is 19.4 Å². The number of piperazine rings is 1. The molecule has 0 spiro atoms. The number of nitrogens with one attached hydrogen (secondary N) is 1. The first-order valence-electron chi connectivity index (χ1n) is 7.09. The quantitative estimate of drug-likeness (QED) is 0.852. The Bertz CT molecular complexity index is 527. The first-order valence-corrected chi connectivity index (χ1v) is 7.88. The number of nitrogens with zero attached hydrogens (tertiary/aromatic N) is 1. The van der Waals surface area contributed by atoms with Crippen LogP contribution < -0.4 is 14.8 Å². The lowest BCUT2D eigenvalue weighted by atomic mass is 10.0. The molecule has 0 saturated carbocycles. The molecule has 1 heterocycles. The molecular weight excluding hydrogens is 358 g/mol. The van der Waals surface area contributed by atoms with E-state index in [0.717, 1.165) is 31.7 Å². The molecule has 0 unspecified atom stereocenters. The maximum atomic E-state index is 12.5. The van der Waals surface area contributed by atoms with Gasteiger partial charge in [0.15, 0.2) is 11.5 Å². The summed E-state index contributed by atoms with van der Waals surface area (Å²) in [6, 6.07) is 3.55. The van der Waals surface area contributed by atoms with Crippen molar-refractivity contribution in [1.29, 1.82) is 0 Å². The molecule has 1 N–H and O–H groups in total. The maximum absolute atomic E-state index is 12.5. The van der Waals surface area contributed by atoms with Crippen LogP contribution in [0.4, 0.5) is 8.78 Å². The normalized spacial score (nSPS) is 18.5. The van der Waals surface area contributed by atoms with Gasteiger partial charge < -0.3 is 14.8 Å². The fraction of sp³-hybridized carbons (Fsp3) is 0.600. The van der Waals surface area contributed by atoms with Gasteiger partial charge in [0.1, 0.15) is 0 Å². The topological polar surface area (TPSA) is 33.7 Å². The number of rotatable bonds is 5. The predicted octanol–water partition coefficient (Wildman–Crippen LogP) is 3.24. The van der Waals surface area contributed by atoms with Crippen LogP contribution in [0, 0.1) is 0 Å². The highest BCUT2D eigenvalue weighted by Crippen LogP contribution is 2.38. The van der Waals surface area contributed by atoms with Crippen LogP contribution >= 0.6 is 15.9 Å². The first-order chi connectivity index (χ1) is 10.3. The fourth-order valence-electron chi connectivity index (χ4n) is 2.71. The minimum absolute atomic E-state index is 0.0295. The van der Waals surface area contributed by atoms with Crippen molar-refractivity contribution in [2.75, 3.05) is 26.7 Å². The molecule has 1 aliphatic rings. The summed E-state index contributed by atoms with van der Waals surface area (Å²) in [6.45, 7) is 4.96. The van der Waals surface area contributed by atoms with Crippen molar-refractivity contribution in [3.8, 4) is 11.5 Å². The molecule has 1 aromatic carbocycles. The Kier molecular flexibility index (Phi) is 5.63. The van der Waals surface area contributed by atoms with Crippen LogP contribution in [0.25, 0.3) is 0 Å². The van der Waals surface area contributed by atoms with E-state index in [4.69, 9.17) is 4.74 Å². The highest BCUT2D eigenvalue weighted by atomic mass is 79.9. The van der Waals surface area contributed by atoms with Crippen molar-refractivity contribution >= 4 is 15.9 Å². The van der Waals surface area contributed by atoms with E-state index >= 15 is 0 Å². The zero-order chi connectivity index (χ0) is 16.3. The molecule has 7 heteroatoms. The Hall–Kier alpha value is -0.920. The van der Waals surface area contributed by atoms with E-state index in [1.165, 1.54) is 7.11 Å². The Morgan fingerprint density at radius 3 is 2.73 bits per heavy atom. The molecule has 2 rings (SSSR count). The summed E-state index contributed by atoms with van der Waals surface area (Å²) in [6.07, 6.45) is 0. The monoisotopic (exact) mass is 378 g/mol. The second-order valence-electron chi connectivity index (χ2n) is 6.01. The number of benzene rings is 1. The summed E-state index contributed by atoms with van der Waals surface area (Å²) in [5.41, 5.74) is 1.06. The molecule has 0 atom stereocenters. The summed E-state index contributed by atoms with van der Waals surface area (Å²) in [5, 5.41) is 3.46. The van der Waals surface area contributed by atoms with Gasteiger partial charge in [0.2, 0.25) is 0 Å². The zero-order valence-electron chi connectivity index (χ0n) is 13.0. The number of ether oxygens (including phenoxy) is 2. The lowest BCUT2D eigenvalue weighted by molar-refractivity contribution is -0.0517. The predicted molar refractivity (Wildman–Crippen MR) is 84.7 cm³/mol. The van der Waals surface area contributed by atoms with E-state index in [-0.39, 0.29) is 11.3 Å². The van der Waals surface area contributed by atoms with Gasteiger partial charge in [-0.25, -0.2) is 0 Å². The molecule has 1 aromatic rings. The summed E-state index contributed by atoms with van der Waals surface area (Å²) in [4.78, 5) is 2.32. The molecule has 0 bridgehead atoms. The van der Waals surface area contributed by atoms with E-state index in [1.807, 2.05) is 0 Å². The van der Waals surface area contributed by atoms with Crippen molar-refractivity contribution in [3.05, 3.63) is 22.2 Å². The van der Waals surface area contributed by atoms with Crippen LogP contribution in [-0.4, -0.2) is 43.8 Å². The van der Waals surface area contributed by atoms with Crippen molar-refractivity contribution < 1.29 is 18.3 Å². The van der Waals surface area contributed by atoms with Crippen LogP contribution in [0.15, 0.2) is 16.6 Å². The van der Waals surface area contributed by atoms with Gasteiger partial charge in [0, 0.05) is 31.7 Å². The van der Waals surface area contributed by atoms with Gasteiger partial charge in [-0.15, -0.1) is 0 Å².